The van der Waals surface area contributed by atoms with Crippen molar-refractivity contribution in [2.24, 2.45) is 34.8 Å². The maximum absolute atomic E-state index is 14.8. The summed E-state index contributed by atoms with van der Waals surface area (Å²) in [5.41, 5.74) is 24.7. The predicted molar refractivity (Wildman–Crippen MR) is 305 cm³/mol. The zero-order valence-corrected chi connectivity index (χ0v) is 47.5. The van der Waals surface area contributed by atoms with Gasteiger partial charge in [-0.25, -0.2) is 4.79 Å². The van der Waals surface area contributed by atoms with E-state index in [0.717, 1.165) is 5.52 Å². The molecule has 0 aliphatic heterocycles. The molecule has 0 spiro atoms. The van der Waals surface area contributed by atoms with Crippen LogP contribution in [0.4, 0.5) is 0 Å². The molecule has 3 aromatic rings. The van der Waals surface area contributed by atoms with Gasteiger partial charge in [-0.1, -0.05) is 76.2 Å². The molecule has 82 heavy (non-hydrogen) atoms. The summed E-state index contributed by atoms with van der Waals surface area (Å²) < 4.78 is 0. The van der Waals surface area contributed by atoms with Crippen LogP contribution in [0.15, 0.2) is 60.8 Å². The van der Waals surface area contributed by atoms with Crippen LogP contribution in [0.3, 0.4) is 0 Å². The van der Waals surface area contributed by atoms with Gasteiger partial charge >= 0.3 is 5.97 Å². The number of unbranched alkanes of at least 4 members (excludes halogenated alkanes) is 2. The molecule has 0 fully saturated rings. The van der Waals surface area contributed by atoms with E-state index in [4.69, 9.17) is 22.9 Å². The van der Waals surface area contributed by atoms with E-state index >= 15 is 0 Å². The minimum Gasteiger partial charge on any atom is -0.480 e. The van der Waals surface area contributed by atoms with Crippen LogP contribution in [0.5, 0.6) is 0 Å². The molecule has 0 radical (unpaired) electrons. The average molecular weight is 1150 g/mol. The third-order valence-electron chi connectivity index (χ3n) is 13.4. The first-order valence-electron chi connectivity index (χ1n) is 27.9. The topological polar surface area (TPSA) is 447 Å². The first-order chi connectivity index (χ1) is 38.9. The molecule has 0 bridgehead atoms. The number of aromatic nitrogens is 1. The summed E-state index contributed by atoms with van der Waals surface area (Å²) in [6.07, 6.45) is 0.557. The first kappa shape index (κ1) is 68.8. The Morgan fingerprint density at radius 2 is 0.963 bits per heavy atom. The molecule has 10 atom stereocenters. The number of carbonyl (C=O) groups is 10. The summed E-state index contributed by atoms with van der Waals surface area (Å²) in [6.45, 7) is 8.10. The number of para-hydroxylation sites is 1. The summed E-state index contributed by atoms with van der Waals surface area (Å²) in [5, 5.41) is 51.8. The number of primary amides is 1. The van der Waals surface area contributed by atoms with Crippen molar-refractivity contribution < 1.29 is 63.3 Å². The maximum Gasteiger partial charge on any atom is 0.326 e. The number of nitrogens with two attached hydrogens (primary N) is 4. The lowest BCUT2D eigenvalue weighted by Crippen LogP contribution is -2.62. The SMILES string of the molecule is CC(C)C[C@H](NC(=O)[C@H](CCCCN)NC(=O)[C@H](CCC(N)=O)NC(=O)[C@@H](NC(=O)[C@H](CCCCN)NC(=O)[C@H](Cc1c[nH]c2ccccc12)NC(=O)[C@H](CC(C)C)NC(=O)[C@H](Cc1ccccc1)NC(=O)[C@@H](N)CO)[C@@H](C)O)C(=O)O. The van der Waals surface area contributed by atoms with Crippen molar-refractivity contribution in [2.75, 3.05) is 19.7 Å². The van der Waals surface area contributed by atoms with Crippen LogP contribution in [-0.4, -0.2) is 160 Å². The van der Waals surface area contributed by atoms with E-state index in [1.165, 1.54) is 6.92 Å². The lowest BCUT2D eigenvalue weighted by atomic mass is 9.99. The van der Waals surface area contributed by atoms with Crippen molar-refractivity contribution in [3.63, 3.8) is 0 Å². The van der Waals surface area contributed by atoms with Gasteiger partial charge in [0.1, 0.15) is 54.4 Å². The molecule has 0 aliphatic rings. The monoisotopic (exact) mass is 1150 g/mol. The number of rotatable bonds is 38. The molecule has 26 nitrogen and oxygen atoms in total. The van der Waals surface area contributed by atoms with Gasteiger partial charge in [0.2, 0.25) is 53.2 Å². The molecule has 9 amide bonds. The number of amides is 9. The number of aliphatic carboxylic acids is 1. The number of carbonyl (C=O) groups excluding carboxylic acids is 9. The molecule has 0 saturated heterocycles. The second-order valence-corrected chi connectivity index (χ2v) is 21.4. The molecular weight excluding hydrogens is 1060 g/mol. The van der Waals surface area contributed by atoms with Crippen molar-refractivity contribution >= 4 is 70.0 Å². The van der Waals surface area contributed by atoms with Gasteiger partial charge in [0.25, 0.3) is 0 Å². The summed E-state index contributed by atoms with van der Waals surface area (Å²) >= 11 is 0. The van der Waals surface area contributed by atoms with Gasteiger partial charge in [-0.2, -0.15) is 0 Å². The highest BCUT2D eigenvalue weighted by atomic mass is 16.4. The predicted octanol–water partition coefficient (Wildman–Crippen LogP) is -1.77. The van der Waals surface area contributed by atoms with Gasteiger partial charge < -0.3 is 85.8 Å². The zero-order chi connectivity index (χ0) is 61.1. The van der Waals surface area contributed by atoms with E-state index in [9.17, 15) is 63.3 Å². The second-order valence-electron chi connectivity index (χ2n) is 21.4. The van der Waals surface area contributed by atoms with E-state index in [-0.39, 0.29) is 69.9 Å². The summed E-state index contributed by atoms with van der Waals surface area (Å²) in [6, 6.07) is 3.18. The smallest absolute Gasteiger partial charge is 0.326 e. The fraction of sp³-hybridized carbons (Fsp3) is 0.571. The Morgan fingerprint density at radius 3 is 1.49 bits per heavy atom. The van der Waals surface area contributed by atoms with Gasteiger partial charge in [-0.05, 0) is 107 Å². The number of hydrogen-bond donors (Lipinski definition) is 16. The van der Waals surface area contributed by atoms with Crippen molar-refractivity contribution in [1.82, 2.24) is 47.5 Å². The Bertz CT molecular complexity index is 2580. The third-order valence-corrected chi connectivity index (χ3v) is 13.4. The fourth-order valence-electron chi connectivity index (χ4n) is 8.91. The Balaban J connectivity index is 1.98. The molecule has 1 aromatic heterocycles. The number of carboxylic acid groups (broad SMARTS) is 1. The molecule has 0 aliphatic carbocycles. The number of aliphatic hydroxyl groups excluding tert-OH is 2. The lowest BCUT2D eigenvalue weighted by molar-refractivity contribution is -0.143. The van der Waals surface area contributed by atoms with Crippen LogP contribution in [-0.2, 0) is 60.8 Å². The second kappa shape index (κ2) is 35.4. The van der Waals surface area contributed by atoms with Crippen LogP contribution in [0.2, 0.25) is 0 Å². The normalized spacial score (nSPS) is 15.0. The summed E-state index contributed by atoms with van der Waals surface area (Å²) in [7, 11) is 0. The molecule has 20 N–H and O–H groups in total. The number of aliphatic hydroxyl groups is 2. The van der Waals surface area contributed by atoms with Crippen LogP contribution in [0.1, 0.15) is 110 Å². The van der Waals surface area contributed by atoms with Gasteiger partial charge in [0.15, 0.2) is 0 Å². The molecule has 0 saturated carbocycles. The van der Waals surface area contributed by atoms with Crippen LogP contribution < -0.4 is 65.5 Å². The highest BCUT2D eigenvalue weighted by Crippen LogP contribution is 2.20. The van der Waals surface area contributed by atoms with Crippen LogP contribution >= 0.6 is 0 Å². The van der Waals surface area contributed by atoms with E-state index in [0.29, 0.717) is 35.8 Å². The Morgan fingerprint density at radius 1 is 0.524 bits per heavy atom. The third kappa shape index (κ3) is 23.5. The zero-order valence-electron chi connectivity index (χ0n) is 47.5. The Labute approximate surface area is 477 Å². The minimum atomic E-state index is -1.81. The number of nitrogens with one attached hydrogen (secondary N) is 9. The Kier molecular flexibility index (Phi) is 29.6. The molecule has 2 aromatic carbocycles. The lowest BCUT2D eigenvalue weighted by Gasteiger charge is -2.29. The number of carboxylic acids is 1. The summed E-state index contributed by atoms with van der Waals surface area (Å²) in [4.78, 5) is 140. The fourth-order valence-corrected chi connectivity index (χ4v) is 8.91. The molecule has 1 heterocycles. The highest BCUT2D eigenvalue weighted by Gasteiger charge is 2.37. The number of H-pyrrole nitrogens is 1. The van der Waals surface area contributed by atoms with Gasteiger partial charge in [-0.3, -0.25) is 43.2 Å². The van der Waals surface area contributed by atoms with Crippen LogP contribution in [0, 0.1) is 11.8 Å². The average Bonchev–Trinajstić information content (AvgIpc) is 3.98. The largest absolute Gasteiger partial charge is 0.480 e. The molecule has 3 rings (SSSR count). The highest BCUT2D eigenvalue weighted by molar-refractivity contribution is 5.99. The number of hydrogen-bond acceptors (Lipinski definition) is 15. The van der Waals surface area contributed by atoms with Gasteiger partial charge in [0, 0.05) is 36.4 Å². The van der Waals surface area contributed by atoms with Gasteiger partial charge in [0.05, 0.1) is 12.7 Å². The number of fused-ring (bicyclic) bond motifs is 1. The van der Waals surface area contributed by atoms with Gasteiger partial charge in [-0.15, -0.1) is 0 Å². The number of benzene rings is 2. The molecule has 0 unspecified atom stereocenters. The van der Waals surface area contributed by atoms with E-state index in [2.05, 4.69) is 47.5 Å². The van der Waals surface area contributed by atoms with Crippen molar-refractivity contribution in [3.05, 3.63) is 71.9 Å². The van der Waals surface area contributed by atoms with E-state index < -0.39 is 139 Å². The van der Waals surface area contributed by atoms with Crippen molar-refractivity contribution in [1.29, 1.82) is 0 Å². The Hall–Kier alpha value is -7.52. The summed E-state index contributed by atoms with van der Waals surface area (Å²) in [5.74, 6) is -9.56. The number of aromatic amines is 1. The molecule has 26 heteroatoms. The van der Waals surface area contributed by atoms with Crippen molar-refractivity contribution in [2.45, 2.75) is 172 Å². The van der Waals surface area contributed by atoms with Crippen molar-refractivity contribution in [3.8, 4) is 0 Å². The minimum absolute atomic E-state index is 0.0122. The van der Waals surface area contributed by atoms with E-state index in [1.54, 1.807) is 68.6 Å². The molecule has 454 valence electrons. The standard InChI is InChI=1S/C56H87N13O13/c1-31(2)25-42(66-53(78)43(65-48(73)37(59)30-70)27-34-15-7-6-8-16-34)52(77)67-44(28-35-29-61-38-18-10-9-17-36(35)38)54(79)63-40(20-12-14-24-58)51(76)69-47(33(5)71)55(80)64-41(21-22-46(60)72)50(75)62-39(19-11-13-23-57)49(74)68-45(56(81)82)26-32(3)4/h6-10,15-18,29,31-33,37,39-45,47,61,70-71H,11-14,19-28,30,57-59H2,1-5H3,(H2,60,72)(H,62,75)(H,63,79)(H,64,80)(H,65,73)(H,66,78)(H,67,77)(H,68,74)(H,69,76)(H,81,82)/t33-,37+,39+,40+,41+,42+,43+,44+,45+,47+/m1/s1. The van der Waals surface area contributed by atoms with E-state index in [1.807, 2.05) is 19.9 Å². The quantitative estimate of drug-likeness (QED) is 0.0283. The molecular formula is C56H87N13O13. The first-order valence-corrected chi connectivity index (χ1v) is 27.9. The maximum atomic E-state index is 14.8. The van der Waals surface area contributed by atoms with Crippen LogP contribution in [0.25, 0.3) is 10.9 Å².